The number of likely N-dealkylation sites (N-methyl/N-ethyl adjacent to an activating group) is 1. The molecular formula is C14H18Cl2N2O3. The van der Waals surface area contributed by atoms with Gasteiger partial charge in [-0.25, -0.2) is 0 Å². The van der Waals surface area contributed by atoms with E-state index >= 15 is 0 Å². The number of methoxy groups -OCH3 is 1. The minimum atomic E-state index is -0.305. The highest BCUT2D eigenvalue weighted by Gasteiger charge is 2.17. The van der Waals surface area contributed by atoms with Crippen LogP contribution in [0.3, 0.4) is 0 Å². The highest BCUT2D eigenvalue weighted by Crippen LogP contribution is 2.29. The van der Waals surface area contributed by atoms with Crippen molar-refractivity contribution in [2.24, 2.45) is 5.92 Å². The second-order valence-electron chi connectivity index (χ2n) is 4.77. The van der Waals surface area contributed by atoms with Crippen LogP contribution in [0.5, 0.6) is 0 Å². The van der Waals surface area contributed by atoms with E-state index in [1.54, 1.807) is 37.1 Å². The number of hydrogen-bond acceptors (Lipinski definition) is 4. The summed E-state index contributed by atoms with van der Waals surface area (Å²) in [5.41, 5.74) is 0.462. The van der Waals surface area contributed by atoms with Gasteiger partial charge in [0.1, 0.15) is 0 Å². The van der Waals surface area contributed by atoms with Crippen LogP contribution in [0.15, 0.2) is 18.2 Å². The molecule has 0 saturated heterocycles. The number of rotatable bonds is 6. The largest absolute Gasteiger partial charge is 0.469 e. The van der Waals surface area contributed by atoms with Crippen LogP contribution in [0.1, 0.15) is 6.92 Å². The Morgan fingerprint density at radius 1 is 1.38 bits per heavy atom. The third-order valence-electron chi connectivity index (χ3n) is 2.83. The number of hydrogen-bond donors (Lipinski definition) is 1. The molecule has 0 bridgehead atoms. The van der Waals surface area contributed by atoms with Crippen molar-refractivity contribution in [3.8, 4) is 0 Å². The van der Waals surface area contributed by atoms with Crippen LogP contribution < -0.4 is 5.32 Å². The summed E-state index contributed by atoms with van der Waals surface area (Å²) in [6, 6.07) is 5.01. The van der Waals surface area contributed by atoms with Crippen molar-refractivity contribution in [2.75, 3.05) is 32.6 Å². The monoisotopic (exact) mass is 332 g/mol. The molecule has 0 aliphatic heterocycles. The second-order valence-corrected chi connectivity index (χ2v) is 5.56. The molecule has 1 aromatic rings. The van der Waals surface area contributed by atoms with Crippen LogP contribution in [-0.4, -0.2) is 44.0 Å². The molecule has 0 heterocycles. The Labute approximate surface area is 134 Å². The van der Waals surface area contributed by atoms with Crippen LogP contribution in [0.2, 0.25) is 10.0 Å². The van der Waals surface area contributed by atoms with Gasteiger partial charge in [-0.3, -0.25) is 14.5 Å². The zero-order chi connectivity index (χ0) is 16.0. The van der Waals surface area contributed by atoms with E-state index in [0.29, 0.717) is 22.3 Å². The second kappa shape index (κ2) is 8.22. The average Bonchev–Trinajstić information content (AvgIpc) is 2.42. The van der Waals surface area contributed by atoms with Crippen molar-refractivity contribution in [1.82, 2.24) is 4.90 Å². The molecule has 1 amide bonds. The summed E-state index contributed by atoms with van der Waals surface area (Å²) >= 11 is 11.9. The number of halogens is 2. The Kier molecular flexibility index (Phi) is 6.95. The van der Waals surface area contributed by atoms with Crippen LogP contribution in [-0.2, 0) is 14.3 Å². The van der Waals surface area contributed by atoms with E-state index in [1.807, 2.05) is 0 Å². The van der Waals surface area contributed by atoms with Gasteiger partial charge in [0, 0.05) is 6.54 Å². The molecule has 116 valence electrons. The third-order valence-corrected chi connectivity index (χ3v) is 3.65. The lowest BCUT2D eigenvalue weighted by molar-refractivity contribution is -0.145. The minimum absolute atomic E-state index is 0.129. The maximum absolute atomic E-state index is 11.9. The lowest BCUT2D eigenvalue weighted by Crippen LogP contribution is -2.35. The molecule has 1 aromatic carbocycles. The number of amides is 1. The van der Waals surface area contributed by atoms with Gasteiger partial charge in [0.15, 0.2) is 0 Å². The van der Waals surface area contributed by atoms with E-state index < -0.39 is 0 Å². The number of anilines is 1. The quantitative estimate of drug-likeness (QED) is 0.813. The Hall–Kier alpha value is -1.30. The molecule has 0 aliphatic rings. The fourth-order valence-electron chi connectivity index (χ4n) is 1.84. The van der Waals surface area contributed by atoms with Gasteiger partial charge in [0.2, 0.25) is 5.91 Å². The lowest BCUT2D eigenvalue weighted by Gasteiger charge is -2.19. The van der Waals surface area contributed by atoms with Crippen molar-refractivity contribution >= 4 is 40.8 Å². The summed E-state index contributed by atoms with van der Waals surface area (Å²) in [5.74, 6) is -0.846. The highest BCUT2D eigenvalue weighted by atomic mass is 35.5. The molecule has 0 aromatic heterocycles. The van der Waals surface area contributed by atoms with Crippen molar-refractivity contribution in [2.45, 2.75) is 6.92 Å². The molecule has 0 radical (unpaired) electrons. The summed E-state index contributed by atoms with van der Waals surface area (Å²) in [6.07, 6.45) is 0. The Bertz CT molecular complexity index is 523. The van der Waals surface area contributed by atoms with Gasteiger partial charge in [-0.15, -0.1) is 0 Å². The Morgan fingerprint density at radius 2 is 2.05 bits per heavy atom. The number of nitrogens with one attached hydrogen (secondary N) is 1. The molecule has 0 aliphatic carbocycles. The number of ether oxygens (including phenoxy) is 1. The van der Waals surface area contributed by atoms with Gasteiger partial charge in [-0.2, -0.15) is 0 Å². The summed E-state index contributed by atoms with van der Waals surface area (Å²) in [4.78, 5) is 25.0. The van der Waals surface area contributed by atoms with E-state index in [1.165, 1.54) is 7.11 Å². The van der Waals surface area contributed by atoms with E-state index in [9.17, 15) is 9.59 Å². The standard InChI is InChI=1S/C14H18Cl2N2O3/c1-9(14(20)21-3)7-18(2)8-12(19)17-11-6-4-5-10(15)13(11)16/h4-6,9H,7-8H2,1-3H3,(H,17,19). The zero-order valence-corrected chi connectivity index (χ0v) is 13.7. The summed E-state index contributed by atoms with van der Waals surface area (Å²) in [5, 5.41) is 3.37. The fraction of sp³-hybridized carbons (Fsp3) is 0.429. The topological polar surface area (TPSA) is 58.6 Å². The Balaban J connectivity index is 2.53. The Morgan fingerprint density at radius 3 is 2.67 bits per heavy atom. The van der Waals surface area contributed by atoms with Crippen molar-refractivity contribution in [3.05, 3.63) is 28.2 Å². The maximum atomic E-state index is 11.9. The van der Waals surface area contributed by atoms with Gasteiger partial charge in [0.25, 0.3) is 0 Å². The van der Waals surface area contributed by atoms with Gasteiger partial charge in [0.05, 0.1) is 35.3 Å². The van der Waals surface area contributed by atoms with Crippen LogP contribution >= 0.6 is 23.2 Å². The van der Waals surface area contributed by atoms with E-state index in [0.717, 1.165) is 0 Å². The average molecular weight is 333 g/mol. The first kappa shape index (κ1) is 17.8. The fourth-order valence-corrected chi connectivity index (χ4v) is 2.19. The molecule has 0 saturated carbocycles. The predicted octanol–water partition coefficient (Wildman–Crippen LogP) is 2.67. The van der Waals surface area contributed by atoms with Crippen LogP contribution in [0.25, 0.3) is 0 Å². The molecule has 7 heteroatoms. The zero-order valence-electron chi connectivity index (χ0n) is 12.2. The van der Waals surface area contributed by atoms with Crippen molar-refractivity contribution in [3.63, 3.8) is 0 Å². The lowest BCUT2D eigenvalue weighted by atomic mass is 10.2. The summed E-state index contributed by atoms with van der Waals surface area (Å²) < 4.78 is 4.64. The molecule has 21 heavy (non-hydrogen) atoms. The number of nitrogens with zero attached hydrogens (tertiary/aromatic N) is 1. The molecule has 1 atom stereocenters. The summed E-state index contributed by atoms with van der Waals surface area (Å²) in [6.45, 7) is 2.29. The molecule has 0 spiro atoms. The van der Waals surface area contributed by atoms with E-state index in [2.05, 4.69) is 10.1 Å². The van der Waals surface area contributed by atoms with Crippen molar-refractivity contribution in [1.29, 1.82) is 0 Å². The SMILES string of the molecule is COC(=O)C(C)CN(C)CC(=O)Nc1cccc(Cl)c1Cl. The third kappa shape index (κ3) is 5.53. The normalized spacial score (nSPS) is 12.1. The van der Waals surface area contributed by atoms with Gasteiger partial charge >= 0.3 is 5.97 Å². The smallest absolute Gasteiger partial charge is 0.309 e. The van der Waals surface area contributed by atoms with E-state index in [-0.39, 0.29) is 24.3 Å². The first-order valence-corrected chi connectivity index (χ1v) is 7.11. The van der Waals surface area contributed by atoms with Crippen LogP contribution in [0.4, 0.5) is 5.69 Å². The maximum Gasteiger partial charge on any atom is 0.309 e. The number of carbonyl (C=O) groups is 2. The van der Waals surface area contributed by atoms with Gasteiger partial charge in [-0.05, 0) is 19.2 Å². The highest BCUT2D eigenvalue weighted by molar-refractivity contribution is 6.43. The van der Waals surface area contributed by atoms with Gasteiger partial charge < -0.3 is 10.1 Å². The van der Waals surface area contributed by atoms with Gasteiger partial charge in [-0.1, -0.05) is 36.2 Å². The number of carbonyl (C=O) groups excluding carboxylic acids is 2. The minimum Gasteiger partial charge on any atom is -0.469 e. The molecule has 1 rings (SSSR count). The summed E-state index contributed by atoms with van der Waals surface area (Å²) in [7, 11) is 3.09. The first-order chi connectivity index (χ1) is 9.85. The molecule has 0 fully saturated rings. The first-order valence-electron chi connectivity index (χ1n) is 6.35. The molecule has 5 nitrogen and oxygen atoms in total. The number of benzene rings is 1. The number of esters is 1. The van der Waals surface area contributed by atoms with E-state index in [4.69, 9.17) is 23.2 Å². The predicted molar refractivity (Wildman–Crippen MR) is 83.8 cm³/mol. The van der Waals surface area contributed by atoms with Crippen molar-refractivity contribution < 1.29 is 14.3 Å². The molecular weight excluding hydrogens is 315 g/mol. The van der Waals surface area contributed by atoms with Crippen LogP contribution in [0, 0.1) is 5.92 Å². The molecule has 1 unspecified atom stereocenters. The molecule has 1 N–H and O–H groups in total.